The first-order valence-electron chi connectivity index (χ1n) is 11.1. The Hall–Kier alpha value is -2.65. The Morgan fingerprint density at radius 3 is 2.30 bits per heavy atom. The molecule has 1 aliphatic heterocycles. The van der Waals surface area contributed by atoms with Gasteiger partial charge in [0.1, 0.15) is 18.1 Å². The summed E-state index contributed by atoms with van der Waals surface area (Å²) in [6.45, 7) is 2.73. The topological polar surface area (TPSA) is 94.3 Å². The summed E-state index contributed by atoms with van der Waals surface area (Å²) in [4.78, 5) is 30.4. The van der Waals surface area contributed by atoms with Crippen LogP contribution >= 0.6 is 56.9 Å². The first-order chi connectivity index (χ1) is 17.8. The number of ether oxygens (including phenoxy) is 2. The molecule has 8 nitrogen and oxygen atoms in total. The Morgan fingerprint density at radius 1 is 1.08 bits per heavy atom. The number of nitro groups is 1. The number of nitro benzene ring substituents is 1. The van der Waals surface area contributed by atoms with Gasteiger partial charge >= 0.3 is 0 Å². The van der Waals surface area contributed by atoms with Crippen molar-refractivity contribution in [2.24, 2.45) is 4.99 Å². The van der Waals surface area contributed by atoms with Crippen LogP contribution in [0.3, 0.4) is 0 Å². The second kappa shape index (κ2) is 12.3. The van der Waals surface area contributed by atoms with Crippen LogP contribution in [0.5, 0.6) is 11.5 Å². The minimum Gasteiger partial charge on any atom is -0.497 e. The fourth-order valence-corrected chi connectivity index (χ4v) is 6.65. The van der Waals surface area contributed by atoms with Crippen LogP contribution in [0.15, 0.2) is 70.6 Å². The number of carbonyl (C=O) groups is 1. The predicted molar refractivity (Wildman–Crippen MR) is 162 cm³/mol. The van der Waals surface area contributed by atoms with Crippen molar-refractivity contribution in [3.05, 3.63) is 94.0 Å². The largest absolute Gasteiger partial charge is 0.497 e. The highest BCUT2D eigenvalue weighted by atomic mass is 127. The number of methoxy groups -OCH3 is 1. The summed E-state index contributed by atoms with van der Waals surface area (Å²) in [5.74, 6) is 1.39. The Kier molecular flexibility index (Phi) is 9.08. The van der Waals surface area contributed by atoms with Crippen LogP contribution in [0.1, 0.15) is 18.1 Å². The number of amides is 1. The lowest BCUT2D eigenvalue weighted by Gasteiger charge is -2.12. The van der Waals surface area contributed by atoms with Gasteiger partial charge in [0.2, 0.25) is 0 Å². The second-order valence-electron chi connectivity index (χ2n) is 7.78. The van der Waals surface area contributed by atoms with E-state index in [0.717, 1.165) is 35.5 Å². The van der Waals surface area contributed by atoms with E-state index in [-0.39, 0.29) is 18.2 Å². The first-order valence-corrected chi connectivity index (χ1v) is 14.1. The Balaban J connectivity index is 1.52. The van der Waals surface area contributed by atoms with Gasteiger partial charge in [-0.3, -0.25) is 19.8 Å². The highest BCUT2D eigenvalue weighted by Crippen LogP contribution is 2.36. The molecule has 1 aliphatic rings. The molecule has 0 spiro atoms. The molecule has 0 atom stereocenters. The number of thioether (sulfide) groups is 1. The molecule has 3 aromatic carbocycles. The van der Waals surface area contributed by atoms with Crippen LogP contribution < -0.4 is 9.47 Å². The maximum atomic E-state index is 13.1. The Labute approximate surface area is 245 Å². The molecule has 1 fully saturated rings. The van der Waals surface area contributed by atoms with Crippen molar-refractivity contribution < 1.29 is 19.2 Å². The van der Waals surface area contributed by atoms with Gasteiger partial charge in [0, 0.05) is 18.7 Å². The maximum Gasteiger partial charge on any atom is 0.269 e. The maximum absolute atomic E-state index is 13.1. The van der Waals surface area contributed by atoms with E-state index in [0.29, 0.717) is 16.6 Å². The molecule has 0 N–H and O–H groups in total. The zero-order chi connectivity index (χ0) is 26.5. The number of non-ortho nitro benzene ring substituents is 1. The van der Waals surface area contributed by atoms with E-state index >= 15 is 0 Å². The van der Waals surface area contributed by atoms with Crippen LogP contribution in [0.25, 0.3) is 6.08 Å². The molecule has 190 valence electrons. The molecule has 3 aromatic rings. The minimum atomic E-state index is -0.426. The number of halogens is 2. The smallest absolute Gasteiger partial charge is 0.269 e. The van der Waals surface area contributed by atoms with Gasteiger partial charge in [0.25, 0.3) is 11.6 Å². The van der Waals surface area contributed by atoms with E-state index in [1.54, 1.807) is 24.1 Å². The van der Waals surface area contributed by atoms with Crippen molar-refractivity contribution in [3.8, 4) is 11.5 Å². The number of rotatable bonds is 8. The van der Waals surface area contributed by atoms with Gasteiger partial charge in [0.15, 0.2) is 5.17 Å². The third-order valence-electron chi connectivity index (χ3n) is 5.35. The van der Waals surface area contributed by atoms with Crippen molar-refractivity contribution in [2.75, 3.05) is 13.7 Å². The zero-order valence-corrected chi connectivity index (χ0v) is 24.9. The first kappa shape index (κ1) is 27.4. The van der Waals surface area contributed by atoms with Crippen molar-refractivity contribution in [2.45, 2.75) is 13.5 Å². The van der Waals surface area contributed by atoms with E-state index in [4.69, 9.17) is 9.47 Å². The lowest BCUT2D eigenvalue weighted by atomic mass is 10.2. The van der Waals surface area contributed by atoms with Crippen LogP contribution in [-0.4, -0.2) is 34.6 Å². The normalized spacial score (nSPS) is 15.5. The predicted octanol–water partition coefficient (Wildman–Crippen LogP) is 7.02. The summed E-state index contributed by atoms with van der Waals surface area (Å²) in [5, 5.41) is 11.5. The summed E-state index contributed by atoms with van der Waals surface area (Å²) in [6, 6.07) is 17.6. The van der Waals surface area contributed by atoms with Crippen LogP contribution in [-0.2, 0) is 11.4 Å². The molecular weight excluding hydrogens is 720 g/mol. The average Bonchev–Trinajstić information content (AvgIpc) is 3.17. The summed E-state index contributed by atoms with van der Waals surface area (Å²) < 4.78 is 13.0. The molecule has 0 unspecified atom stereocenters. The number of benzene rings is 3. The molecule has 0 bridgehead atoms. The third kappa shape index (κ3) is 6.62. The fourth-order valence-electron chi connectivity index (χ4n) is 3.46. The molecule has 1 heterocycles. The quantitative estimate of drug-likeness (QED) is 0.107. The monoisotopic (exact) mass is 741 g/mol. The van der Waals surface area contributed by atoms with E-state index in [2.05, 4.69) is 50.2 Å². The van der Waals surface area contributed by atoms with Crippen molar-refractivity contribution in [1.29, 1.82) is 0 Å². The number of aliphatic imine (C=N–C) groups is 1. The minimum absolute atomic E-state index is 0.0449. The van der Waals surface area contributed by atoms with Crippen molar-refractivity contribution >= 4 is 85.5 Å². The SMILES string of the molecule is CCN1C(=O)/C(=C\c2cc(I)c(OCc3ccc([N+](=O)[O-])cc3)c(I)c2)SC1=Nc1ccc(OC)cc1. The van der Waals surface area contributed by atoms with Crippen LogP contribution in [0.2, 0.25) is 0 Å². The fraction of sp³-hybridized carbons (Fsp3) is 0.154. The molecule has 1 saturated heterocycles. The molecule has 4 rings (SSSR count). The second-order valence-corrected chi connectivity index (χ2v) is 11.1. The lowest BCUT2D eigenvalue weighted by Crippen LogP contribution is -2.28. The summed E-state index contributed by atoms with van der Waals surface area (Å²) in [6.07, 6.45) is 1.87. The van der Waals surface area contributed by atoms with Gasteiger partial charge in [-0.15, -0.1) is 0 Å². The number of likely N-dealkylation sites (N-methyl/N-ethyl adjacent to an activating group) is 1. The number of hydrogen-bond acceptors (Lipinski definition) is 7. The van der Waals surface area contributed by atoms with E-state index in [9.17, 15) is 14.9 Å². The van der Waals surface area contributed by atoms with Gasteiger partial charge in [0.05, 0.1) is 29.8 Å². The lowest BCUT2D eigenvalue weighted by molar-refractivity contribution is -0.384. The van der Waals surface area contributed by atoms with Gasteiger partial charge in [-0.25, -0.2) is 4.99 Å². The highest BCUT2D eigenvalue weighted by Gasteiger charge is 2.32. The van der Waals surface area contributed by atoms with E-state index in [1.165, 1.54) is 23.9 Å². The molecule has 0 saturated carbocycles. The number of carbonyl (C=O) groups excluding carboxylic acids is 1. The molecule has 0 aliphatic carbocycles. The van der Waals surface area contributed by atoms with Crippen LogP contribution in [0.4, 0.5) is 11.4 Å². The van der Waals surface area contributed by atoms with E-state index < -0.39 is 4.92 Å². The van der Waals surface area contributed by atoms with Gasteiger partial charge < -0.3 is 9.47 Å². The molecule has 1 amide bonds. The van der Waals surface area contributed by atoms with Gasteiger partial charge in [-0.1, -0.05) is 0 Å². The summed E-state index contributed by atoms with van der Waals surface area (Å²) in [5.41, 5.74) is 2.51. The van der Waals surface area contributed by atoms with Crippen molar-refractivity contribution in [1.82, 2.24) is 4.90 Å². The highest BCUT2D eigenvalue weighted by molar-refractivity contribution is 14.1. The van der Waals surface area contributed by atoms with E-state index in [1.807, 2.05) is 49.4 Å². The molecule has 0 radical (unpaired) electrons. The molecule has 0 aromatic heterocycles. The third-order valence-corrected chi connectivity index (χ3v) is 7.96. The average molecular weight is 741 g/mol. The Bertz CT molecular complexity index is 1370. The zero-order valence-electron chi connectivity index (χ0n) is 19.8. The van der Waals surface area contributed by atoms with Crippen LogP contribution in [0, 0.1) is 17.3 Å². The number of nitrogens with zero attached hydrogens (tertiary/aromatic N) is 3. The Morgan fingerprint density at radius 2 is 1.73 bits per heavy atom. The molecular formula is C26H21I2N3O5S. The van der Waals surface area contributed by atoms with Gasteiger partial charge in [-0.2, -0.15) is 0 Å². The molecule has 11 heteroatoms. The summed E-state index contributed by atoms with van der Waals surface area (Å²) >= 11 is 5.77. The standard InChI is InChI=1S/C26H21I2N3O5S/c1-3-30-25(32)23(37-26(30)29-18-6-10-20(35-2)11-7-18)14-17-12-21(27)24(22(28)13-17)36-15-16-4-8-19(9-5-16)31(33)34/h4-14H,3,15H2,1-2H3/b23-14+,29-26?. The summed E-state index contributed by atoms with van der Waals surface area (Å²) in [7, 11) is 1.61. The van der Waals surface area contributed by atoms with Crippen molar-refractivity contribution in [3.63, 3.8) is 0 Å². The van der Waals surface area contributed by atoms with Gasteiger partial charge in [-0.05, 0) is 130 Å². The number of hydrogen-bond donors (Lipinski definition) is 0. The number of amidine groups is 1. The molecule has 37 heavy (non-hydrogen) atoms.